The van der Waals surface area contributed by atoms with Gasteiger partial charge in [0.05, 0.1) is 11.4 Å². The fourth-order valence-electron chi connectivity index (χ4n) is 2.69. The van der Waals surface area contributed by atoms with Crippen molar-refractivity contribution in [3.05, 3.63) is 23.8 Å². The normalized spacial score (nSPS) is 13.4. The van der Waals surface area contributed by atoms with Crippen LogP contribution >= 0.6 is 0 Å². The number of imide groups is 1. The van der Waals surface area contributed by atoms with Crippen molar-refractivity contribution in [3.8, 4) is 0 Å². The zero-order chi connectivity index (χ0) is 19.2. The molecule has 0 aromatic heterocycles. The van der Waals surface area contributed by atoms with Crippen molar-refractivity contribution < 1.29 is 22.7 Å². The summed E-state index contributed by atoms with van der Waals surface area (Å²) < 4.78 is 28.0. The third-order valence-electron chi connectivity index (χ3n) is 3.91. The van der Waals surface area contributed by atoms with E-state index in [0.29, 0.717) is 39.1 Å². The van der Waals surface area contributed by atoms with E-state index in [1.165, 1.54) is 12.1 Å². The number of rotatable bonds is 8. The number of sulfonamides is 1. The molecule has 1 aromatic rings. The minimum Gasteiger partial charge on any atom is -0.382 e. The van der Waals surface area contributed by atoms with Crippen LogP contribution in [0.4, 0.5) is 10.5 Å². The first-order valence-corrected chi connectivity index (χ1v) is 9.92. The van der Waals surface area contributed by atoms with E-state index in [2.05, 4.69) is 10.6 Å². The highest BCUT2D eigenvalue weighted by molar-refractivity contribution is 7.89. The molecule has 1 aromatic carbocycles. The highest BCUT2D eigenvalue weighted by Gasteiger charge is 2.23. The first kappa shape index (κ1) is 20.1. The zero-order valence-electron chi connectivity index (χ0n) is 14.7. The van der Waals surface area contributed by atoms with Crippen LogP contribution in [0.2, 0.25) is 0 Å². The fourth-order valence-corrected chi connectivity index (χ4v) is 3.26. The van der Waals surface area contributed by atoms with Crippen molar-refractivity contribution in [2.24, 2.45) is 5.14 Å². The van der Waals surface area contributed by atoms with Gasteiger partial charge in [0.1, 0.15) is 0 Å². The monoisotopic (exact) mass is 384 g/mol. The number of urea groups is 1. The van der Waals surface area contributed by atoms with Gasteiger partial charge >= 0.3 is 6.03 Å². The maximum absolute atomic E-state index is 12.0. The Kier molecular flexibility index (Phi) is 6.95. The Morgan fingerprint density at radius 2 is 2.12 bits per heavy atom. The number of carbonyl (C=O) groups excluding carboxylic acids is 2. The van der Waals surface area contributed by atoms with Gasteiger partial charge in [-0.3, -0.25) is 10.1 Å². The molecule has 0 atom stereocenters. The van der Waals surface area contributed by atoms with E-state index in [1.54, 1.807) is 11.0 Å². The largest absolute Gasteiger partial charge is 0.382 e. The van der Waals surface area contributed by atoms with Gasteiger partial charge in [-0.1, -0.05) is 0 Å². The summed E-state index contributed by atoms with van der Waals surface area (Å²) in [4.78, 5) is 25.5. The third kappa shape index (κ3) is 5.68. The first-order chi connectivity index (χ1) is 12.3. The minimum absolute atomic E-state index is 0.00802. The topological polar surface area (TPSA) is 131 Å². The van der Waals surface area contributed by atoms with E-state index < -0.39 is 22.0 Å². The smallest absolute Gasteiger partial charge is 0.321 e. The van der Waals surface area contributed by atoms with Crippen LogP contribution in [0.5, 0.6) is 0 Å². The van der Waals surface area contributed by atoms with Crippen LogP contribution in [0.15, 0.2) is 23.1 Å². The molecule has 0 radical (unpaired) electrons. The number of amides is 3. The van der Waals surface area contributed by atoms with Crippen LogP contribution in [0.3, 0.4) is 0 Å². The molecule has 0 saturated heterocycles. The highest BCUT2D eigenvalue weighted by atomic mass is 32.2. The second-order valence-electron chi connectivity index (χ2n) is 5.86. The SMILES string of the molecule is CCOCCCNC(=O)NC(=O)CN1CCc2cc(S(N)(=O)=O)ccc21. The summed E-state index contributed by atoms with van der Waals surface area (Å²) in [6, 6.07) is 4.02. The Bertz CT molecular complexity index is 766. The molecular formula is C16H24N4O5S. The van der Waals surface area contributed by atoms with Crippen LogP contribution < -0.4 is 20.7 Å². The van der Waals surface area contributed by atoms with Crippen LogP contribution in [0.1, 0.15) is 18.9 Å². The first-order valence-electron chi connectivity index (χ1n) is 8.37. The lowest BCUT2D eigenvalue weighted by Gasteiger charge is -2.18. The maximum atomic E-state index is 12.0. The van der Waals surface area contributed by atoms with Crippen LogP contribution in [-0.4, -0.2) is 53.2 Å². The molecular weight excluding hydrogens is 360 g/mol. The number of fused-ring (bicyclic) bond motifs is 1. The number of ether oxygens (including phenoxy) is 1. The number of benzene rings is 1. The second-order valence-corrected chi connectivity index (χ2v) is 7.42. The molecule has 1 aliphatic rings. The number of nitrogens with two attached hydrogens (primary N) is 1. The molecule has 144 valence electrons. The number of hydrogen-bond acceptors (Lipinski definition) is 6. The van der Waals surface area contributed by atoms with E-state index >= 15 is 0 Å². The number of nitrogens with one attached hydrogen (secondary N) is 2. The number of anilines is 1. The van der Waals surface area contributed by atoms with Gasteiger partial charge in [-0.25, -0.2) is 18.4 Å². The lowest BCUT2D eigenvalue weighted by Crippen LogP contribution is -2.44. The van der Waals surface area contributed by atoms with Crippen molar-refractivity contribution in [2.75, 3.05) is 37.7 Å². The molecule has 1 aliphatic heterocycles. The van der Waals surface area contributed by atoms with Crippen molar-refractivity contribution in [1.29, 1.82) is 0 Å². The maximum Gasteiger partial charge on any atom is 0.321 e. The van der Waals surface area contributed by atoms with Crippen molar-refractivity contribution >= 4 is 27.6 Å². The van der Waals surface area contributed by atoms with E-state index in [4.69, 9.17) is 9.88 Å². The predicted octanol–water partition coefficient (Wildman–Crippen LogP) is -0.0511. The van der Waals surface area contributed by atoms with Gasteiger partial charge in [0.15, 0.2) is 0 Å². The summed E-state index contributed by atoms with van der Waals surface area (Å²) in [7, 11) is -3.76. The van der Waals surface area contributed by atoms with Crippen molar-refractivity contribution in [3.63, 3.8) is 0 Å². The van der Waals surface area contributed by atoms with Gasteiger partial charge in [0.25, 0.3) is 0 Å². The van der Waals surface area contributed by atoms with E-state index in [1.807, 2.05) is 6.92 Å². The standard InChI is InChI=1S/C16H24N4O5S/c1-2-25-9-3-7-18-16(22)19-15(21)11-20-8-6-12-10-13(26(17,23)24)4-5-14(12)20/h4-5,10H,2-3,6-9,11H2,1H3,(H2,17,23,24)(H2,18,19,21,22). The molecule has 0 fully saturated rings. The highest BCUT2D eigenvalue weighted by Crippen LogP contribution is 2.29. The van der Waals surface area contributed by atoms with Gasteiger partial charge < -0.3 is 15.0 Å². The molecule has 1 heterocycles. The molecule has 0 saturated carbocycles. The van der Waals surface area contributed by atoms with Crippen LogP contribution in [0.25, 0.3) is 0 Å². The molecule has 9 nitrogen and oxygen atoms in total. The van der Waals surface area contributed by atoms with E-state index in [9.17, 15) is 18.0 Å². The van der Waals surface area contributed by atoms with Crippen molar-refractivity contribution in [2.45, 2.75) is 24.7 Å². The number of carbonyl (C=O) groups is 2. The van der Waals surface area contributed by atoms with Crippen LogP contribution in [-0.2, 0) is 26.0 Å². The molecule has 3 amide bonds. The Labute approximate surface area is 152 Å². The summed E-state index contributed by atoms with van der Waals surface area (Å²) in [6.07, 6.45) is 1.27. The predicted molar refractivity (Wildman–Crippen MR) is 96.4 cm³/mol. The summed E-state index contributed by atoms with van der Waals surface area (Å²) in [5.74, 6) is -0.435. The van der Waals surface area contributed by atoms with Crippen LogP contribution in [0, 0.1) is 0 Å². The molecule has 26 heavy (non-hydrogen) atoms. The van der Waals surface area contributed by atoms with Gasteiger partial charge in [-0.15, -0.1) is 0 Å². The third-order valence-corrected chi connectivity index (χ3v) is 4.82. The Balaban J connectivity index is 1.83. The molecule has 0 unspecified atom stereocenters. The fraction of sp³-hybridized carbons (Fsp3) is 0.500. The summed E-state index contributed by atoms with van der Waals surface area (Å²) >= 11 is 0. The van der Waals surface area contributed by atoms with Gasteiger partial charge in [-0.05, 0) is 43.5 Å². The Morgan fingerprint density at radius 1 is 1.35 bits per heavy atom. The number of nitrogens with zero attached hydrogens (tertiary/aromatic N) is 1. The quantitative estimate of drug-likeness (QED) is 0.539. The summed E-state index contributed by atoms with van der Waals surface area (Å²) in [5.41, 5.74) is 1.58. The van der Waals surface area contributed by atoms with Gasteiger partial charge in [0, 0.05) is 32.0 Å². The number of primary sulfonamides is 1. The molecule has 10 heteroatoms. The molecule has 4 N–H and O–H groups in total. The van der Waals surface area contributed by atoms with E-state index in [0.717, 1.165) is 11.3 Å². The average Bonchev–Trinajstić information content (AvgIpc) is 2.96. The summed E-state index contributed by atoms with van der Waals surface area (Å²) in [5, 5.41) is 10.00. The van der Waals surface area contributed by atoms with E-state index in [-0.39, 0.29) is 11.4 Å². The molecule has 0 bridgehead atoms. The van der Waals surface area contributed by atoms with Crippen molar-refractivity contribution in [1.82, 2.24) is 10.6 Å². The zero-order valence-corrected chi connectivity index (χ0v) is 15.5. The Morgan fingerprint density at radius 3 is 2.81 bits per heavy atom. The Hall–Kier alpha value is -2.17. The molecule has 0 spiro atoms. The summed E-state index contributed by atoms with van der Waals surface area (Å²) in [6.45, 7) is 4.06. The second kappa shape index (κ2) is 8.97. The molecule has 0 aliphatic carbocycles. The minimum atomic E-state index is -3.76. The average molecular weight is 384 g/mol. The van der Waals surface area contributed by atoms with Gasteiger partial charge in [0.2, 0.25) is 15.9 Å². The lowest BCUT2D eigenvalue weighted by atomic mass is 10.2. The number of hydrogen-bond donors (Lipinski definition) is 3. The van der Waals surface area contributed by atoms with Gasteiger partial charge in [-0.2, -0.15) is 0 Å². The molecule has 2 rings (SSSR count). The lowest BCUT2D eigenvalue weighted by molar-refractivity contribution is -0.118.